The van der Waals surface area contributed by atoms with E-state index in [4.69, 9.17) is 4.74 Å². The molecule has 0 amide bonds. The van der Waals surface area contributed by atoms with Gasteiger partial charge in [-0.25, -0.2) is 4.98 Å². The molecule has 2 rings (SSSR count). The van der Waals surface area contributed by atoms with Crippen molar-refractivity contribution < 1.29 is 9.53 Å². The second-order valence-corrected chi connectivity index (χ2v) is 5.46. The minimum atomic E-state index is -0.337. The summed E-state index contributed by atoms with van der Waals surface area (Å²) in [5.41, 5.74) is 0.875. The molecule has 1 aromatic heterocycles. The molecule has 0 atom stereocenters. The van der Waals surface area contributed by atoms with Gasteiger partial charge in [0.1, 0.15) is 13.7 Å². The molecule has 1 fully saturated rings. The van der Waals surface area contributed by atoms with Gasteiger partial charge in [0.2, 0.25) is 0 Å². The maximum atomic E-state index is 12.0. The van der Waals surface area contributed by atoms with Gasteiger partial charge in [-0.3, -0.25) is 4.79 Å². The molecule has 1 aromatic rings. The summed E-state index contributed by atoms with van der Waals surface area (Å²) in [5, 5.41) is 0. The van der Waals surface area contributed by atoms with Gasteiger partial charge in [0.15, 0.2) is 0 Å². The zero-order valence-electron chi connectivity index (χ0n) is 12.0. The van der Waals surface area contributed by atoms with Crippen LogP contribution >= 0.6 is 0 Å². The molecule has 2 heterocycles. The molecule has 1 aliphatic rings. The Hall–Kier alpha value is -1.52. The van der Waals surface area contributed by atoms with Crippen molar-refractivity contribution >= 4 is 25.1 Å². The summed E-state index contributed by atoms with van der Waals surface area (Å²) in [6.45, 7) is 6.02. The van der Waals surface area contributed by atoms with Crippen LogP contribution in [0.4, 0.5) is 5.82 Å². The summed E-state index contributed by atoms with van der Waals surface area (Å²) < 4.78 is 5.17. The molecule has 1 aliphatic heterocycles. The second-order valence-electron chi connectivity index (χ2n) is 5.46. The van der Waals surface area contributed by atoms with Crippen LogP contribution in [0.25, 0.3) is 0 Å². The molecule has 0 saturated carbocycles. The lowest BCUT2D eigenvalue weighted by molar-refractivity contribution is -0.155. The maximum absolute atomic E-state index is 12.0. The highest BCUT2D eigenvalue weighted by atomic mass is 16.5. The zero-order chi connectivity index (χ0) is 13.9. The normalized spacial score (nSPS) is 18.1. The Balaban J connectivity index is 2.01. The van der Waals surface area contributed by atoms with Crippen molar-refractivity contribution in [2.75, 3.05) is 24.6 Å². The lowest BCUT2D eigenvalue weighted by atomic mass is 9.80. The monoisotopic (exact) mass is 260 g/mol. The Kier molecular flexibility index (Phi) is 4.12. The highest BCUT2D eigenvalue weighted by molar-refractivity contribution is 6.32. The first-order valence-electron chi connectivity index (χ1n) is 6.90. The molecular weight excluding hydrogens is 239 g/mol. The predicted octanol–water partition coefficient (Wildman–Crippen LogP) is 0.510. The highest BCUT2D eigenvalue weighted by Gasteiger charge is 2.38. The highest BCUT2D eigenvalue weighted by Crippen LogP contribution is 2.33. The van der Waals surface area contributed by atoms with E-state index in [2.05, 4.69) is 23.8 Å². The van der Waals surface area contributed by atoms with E-state index in [0.29, 0.717) is 6.61 Å². The van der Waals surface area contributed by atoms with E-state index in [1.165, 1.54) is 5.46 Å². The van der Waals surface area contributed by atoms with Crippen molar-refractivity contribution in [3.05, 3.63) is 18.3 Å². The van der Waals surface area contributed by atoms with E-state index in [9.17, 15) is 4.79 Å². The molecule has 0 N–H and O–H groups in total. The molecule has 19 heavy (non-hydrogen) atoms. The Morgan fingerprint density at radius 2 is 2.21 bits per heavy atom. The van der Waals surface area contributed by atoms with Crippen molar-refractivity contribution in [1.29, 1.82) is 0 Å². The van der Waals surface area contributed by atoms with Crippen molar-refractivity contribution in [3.63, 3.8) is 0 Å². The summed E-state index contributed by atoms with van der Waals surface area (Å²) in [4.78, 5) is 18.6. The first kappa shape index (κ1) is 13.9. The summed E-state index contributed by atoms with van der Waals surface area (Å²) in [6.07, 6.45) is 3.48. The van der Waals surface area contributed by atoms with Crippen molar-refractivity contribution in [1.82, 2.24) is 4.98 Å². The average molecular weight is 260 g/mol. The van der Waals surface area contributed by atoms with Crippen LogP contribution in [-0.2, 0) is 9.53 Å². The molecule has 1 saturated heterocycles. The van der Waals surface area contributed by atoms with Gasteiger partial charge in [-0.15, -0.1) is 0 Å². The number of piperidine rings is 1. The third-order valence-corrected chi connectivity index (χ3v) is 3.86. The number of hydrogen-bond acceptors (Lipinski definition) is 4. The topological polar surface area (TPSA) is 42.4 Å². The molecule has 0 aliphatic carbocycles. The maximum Gasteiger partial charge on any atom is 0.311 e. The van der Waals surface area contributed by atoms with Gasteiger partial charge in [-0.1, -0.05) is 5.46 Å². The lowest BCUT2D eigenvalue weighted by Gasteiger charge is -2.38. The zero-order valence-corrected chi connectivity index (χ0v) is 12.0. The fourth-order valence-electron chi connectivity index (χ4n) is 2.43. The van der Waals surface area contributed by atoms with Crippen LogP contribution in [0.1, 0.15) is 26.7 Å². The summed E-state index contributed by atoms with van der Waals surface area (Å²) in [5.74, 6) is 0.942. The van der Waals surface area contributed by atoms with Crippen LogP contribution in [-0.4, -0.2) is 38.5 Å². The van der Waals surface area contributed by atoms with E-state index in [0.717, 1.165) is 31.7 Å². The van der Waals surface area contributed by atoms with Crippen LogP contribution in [0, 0.1) is 5.41 Å². The number of esters is 1. The van der Waals surface area contributed by atoms with Crippen LogP contribution in [0.2, 0.25) is 0 Å². The van der Waals surface area contributed by atoms with Gasteiger partial charge < -0.3 is 9.64 Å². The number of nitrogens with zero attached hydrogens (tertiary/aromatic N) is 2. The molecule has 5 heteroatoms. The van der Waals surface area contributed by atoms with E-state index in [-0.39, 0.29) is 11.4 Å². The van der Waals surface area contributed by atoms with E-state index in [1.807, 2.05) is 26.1 Å². The average Bonchev–Trinajstić information content (AvgIpc) is 2.40. The molecule has 0 aromatic carbocycles. The third kappa shape index (κ3) is 3.08. The standard InChI is InChI=1S/C14H21BN2O2/c1-3-19-13(18)14(2)5-8-17(9-6-14)12-10-11(15)4-7-16-12/h4,7,10H,3,5-6,8-9,15H2,1-2H3. The number of hydrogen-bond donors (Lipinski definition) is 0. The first-order chi connectivity index (χ1) is 9.05. The number of aromatic nitrogens is 1. The molecule has 0 radical (unpaired) electrons. The first-order valence-corrected chi connectivity index (χ1v) is 6.90. The minimum Gasteiger partial charge on any atom is -0.466 e. The number of pyridine rings is 1. The smallest absolute Gasteiger partial charge is 0.311 e. The molecular formula is C14H21BN2O2. The molecule has 0 spiro atoms. The van der Waals surface area contributed by atoms with Crippen molar-refractivity contribution in [3.8, 4) is 0 Å². The molecule has 4 nitrogen and oxygen atoms in total. The quantitative estimate of drug-likeness (QED) is 0.586. The fourth-order valence-corrected chi connectivity index (χ4v) is 2.43. The summed E-state index contributed by atoms with van der Waals surface area (Å²) in [6, 6.07) is 4.09. The molecule has 0 bridgehead atoms. The van der Waals surface area contributed by atoms with Gasteiger partial charge in [-0.2, -0.15) is 0 Å². The summed E-state index contributed by atoms with van der Waals surface area (Å²) >= 11 is 0. The Labute approximate surface area is 115 Å². The van der Waals surface area contributed by atoms with E-state index < -0.39 is 0 Å². The molecule has 0 unspecified atom stereocenters. The lowest BCUT2D eigenvalue weighted by Crippen LogP contribution is -2.44. The van der Waals surface area contributed by atoms with Gasteiger partial charge in [0, 0.05) is 19.3 Å². The van der Waals surface area contributed by atoms with Crippen molar-refractivity contribution in [2.24, 2.45) is 5.41 Å². The van der Waals surface area contributed by atoms with E-state index >= 15 is 0 Å². The van der Waals surface area contributed by atoms with E-state index in [1.54, 1.807) is 0 Å². The van der Waals surface area contributed by atoms with Gasteiger partial charge in [0.25, 0.3) is 0 Å². The Morgan fingerprint density at radius 1 is 1.53 bits per heavy atom. The van der Waals surface area contributed by atoms with Crippen LogP contribution in [0.15, 0.2) is 18.3 Å². The summed E-state index contributed by atoms with van der Waals surface area (Å²) in [7, 11) is 2.07. The van der Waals surface area contributed by atoms with Crippen LogP contribution in [0.5, 0.6) is 0 Å². The van der Waals surface area contributed by atoms with Crippen LogP contribution < -0.4 is 10.4 Å². The fraction of sp³-hybridized carbons (Fsp3) is 0.571. The number of carbonyl (C=O) groups excluding carboxylic acids is 1. The second kappa shape index (κ2) is 5.64. The number of carbonyl (C=O) groups is 1. The molecule has 102 valence electrons. The van der Waals surface area contributed by atoms with Gasteiger partial charge >= 0.3 is 5.97 Å². The number of ether oxygens (including phenoxy) is 1. The predicted molar refractivity (Wildman–Crippen MR) is 78.6 cm³/mol. The van der Waals surface area contributed by atoms with Gasteiger partial charge in [0.05, 0.1) is 12.0 Å². The SMILES string of the molecule is Bc1ccnc(N2CCC(C)(C(=O)OCC)CC2)c1. The number of rotatable bonds is 3. The number of anilines is 1. The Morgan fingerprint density at radius 3 is 2.79 bits per heavy atom. The third-order valence-electron chi connectivity index (χ3n) is 3.86. The minimum absolute atomic E-state index is 0.0631. The Bertz CT molecular complexity index is 457. The largest absolute Gasteiger partial charge is 0.466 e. The van der Waals surface area contributed by atoms with Crippen LogP contribution in [0.3, 0.4) is 0 Å². The van der Waals surface area contributed by atoms with Crippen molar-refractivity contribution in [2.45, 2.75) is 26.7 Å². The van der Waals surface area contributed by atoms with Gasteiger partial charge in [-0.05, 0) is 38.8 Å².